The number of hydrogen-bond donors (Lipinski definition) is 2. The van der Waals surface area contributed by atoms with Gasteiger partial charge in [0.15, 0.2) is 22.2 Å². The van der Waals surface area contributed by atoms with Crippen LogP contribution in [0.3, 0.4) is 0 Å². The van der Waals surface area contributed by atoms with Gasteiger partial charge in [0.2, 0.25) is 0 Å². The van der Waals surface area contributed by atoms with E-state index in [-0.39, 0.29) is 35.1 Å². The van der Waals surface area contributed by atoms with Crippen LogP contribution in [-0.4, -0.2) is 50.6 Å². The van der Waals surface area contributed by atoms with Crippen LogP contribution in [0.25, 0.3) is 0 Å². The predicted octanol–water partition coefficient (Wildman–Crippen LogP) is 4.77. The summed E-state index contributed by atoms with van der Waals surface area (Å²) in [5, 5.41) is 20.4. The van der Waals surface area contributed by atoms with E-state index in [0.717, 1.165) is 0 Å². The Bertz CT molecular complexity index is 481. The zero-order valence-corrected chi connectivity index (χ0v) is 20.4. The van der Waals surface area contributed by atoms with Crippen LogP contribution in [0.15, 0.2) is 0 Å². The molecule has 0 amide bonds. The molecule has 26 heavy (non-hydrogen) atoms. The Kier molecular flexibility index (Phi) is 6.70. The van der Waals surface area contributed by atoms with Gasteiger partial charge >= 0.3 is 5.97 Å². The topological polar surface area (TPSA) is 76.0 Å². The van der Waals surface area contributed by atoms with Gasteiger partial charge in [-0.15, -0.1) is 0 Å². The second-order valence-electron chi connectivity index (χ2n) is 11.0. The van der Waals surface area contributed by atoms with Crippen molar-refractivity contribution in [2.45, 2.75) is 115 Å². The minimum Gasteiger partial charge on any atom is -0.479 e. The lowest BCUT2D eigenvalue weighted by Gasteiger charge is -2.47. The van der Waals surface area contributed by atoms with Crippen LogP contribution in [0.1, 0.15) is 60.8 Å². The van der Waals surface area contributed by atoms with Crippen molar-refractivity contribution in [2.75, 3.05) is 0 Å². The summed E-state index contributed by atoms with van der Waals surface area (Å²) >= 11 is 0. The van der Waals surface area contributed by atoms with Crippen LogP contribution in [0.2, 0.25) is 36.3 Å². The molecule has 1 saturated carbocycles. The molecule has 0 spiro atoms. The van der Waals surface area contributed by atoms with Crippen molar-refractivity contribution < 1.29 is 23.9 Å². The van der Waals surface area contributed by atoms with Crippen molar-refractivity contribution in [3.63, 3.8) is 0 Å². The summed E-state index contributed by atoms with van der Waals surface area (Å²) in [5.41, 5.74) is -1.78. The number of aliphatic hydroxyl groups is 1. The smallest absolute Gasteiger partial charge is 0.335 e. The maximum atomic E-state index is 11.8. The van der Waals surface area contributed by atoms with E-state index < -0.39 is 28.2 Å². The highest BCUT2D eigenvalue weighted by Gasteiger charge is 2.50. The molecule has 2 atom stereocenters. The second-order valence-corrected chi connectivity index (χ2v) is 20.5. The molecule has 7 heteroatoms. The first-order valence-corrected chi connectivity index (χ1v) is 15.4. The molecule has 0 aliphatic heterocycles. The van der Waals surface area contributed by atoms with E-state index in [1.165, 1.54) is 0 Å². The molecule has 1 aliphatic carbocycles. The maximum Gasteiger partial charge on any atom is 0.335 e. The number of rotatable bonds is 5. The lowest BCUT2D eigenvalue weighted by atomic mass is 9.81. The van der Waals surface area contributed by atoms with Gasteiger partial charge < -0.3 is 19.1 Å². The van der Waals surface area contributed by atoms with Crippen molar-refractivity contribution in [3.8, 4) is 0 Å². The molecule has 0 heterocycles. The summed E-state index contributed by atoms with van der Waals surface area (Å²) in [5.74, 6) is -1.18. The van der Waals surface area contributed by atoms with Crippen LogP contribution in [0.4, 0.5) is 0 Å². The lowest BCUT2D eigenvalue weighted by Crippen LogP contribution is -2.56. The Hall–Kier alpha value is -0.216. The standard InChI is InChI=1S/C19H40O5Si2/c1-17(2,3)25(7,8)23-14-11-15(13-19(22,12-14)16(20)21)24-26(9,10)18(4,5)6/h14-15,22H,11-13H2,1-10H3,(H,20,21). The molecular formula is C19H40O5Si2. The van der Waals surface area contributed by atoms with Gasteiger partial charge in [-0.2, -0.15) is 0 Å². The summed E-state index contributed by atoms with van der Waals surface area (Å²) in [7, 11) is -4.13. The van der Waals surface area contributed by atoms with E-state index in [0.29, 0.717) is 6.42 Å². The van der Waals surface area contributed by atoms with Crippen molar-refractivity contribution in [3.05, 3.63) is 0 Å². The van der Waals surface area contributed by atoms with Crippen molar-refractivity contribution >= 4 is 22.6 Å². The largest absolute Gasteiger partial charge is 0.479 e. The van der Waals surface area contributed by atoms with E-state index >= 15 is 0 Å². The van der Waals surface area contributed by atoms with Gasteiger partial charge in [-0.05, 0) is 42.7 Å². The third-order valence-electron chi connectivity index (χ3n) is 6.59. The fourth-order valence-corrected chi connectivity index (χ4v) is 5.57. The molecule has 0 aromatic rings. The molecular weight excluding hydrogens is 364 g/mol. The van der Waals surface area contributed by atoms with Gasteiger partial charge in [-0.3, -0.25) is 0 Å². The molecule has 0 saturated heterocycles. The number of carboxylic acids is 1. The molecule has 1 fully saturated rings. The number of carbonyl (C=O) groups is 1. The molecule has 0 bridgehead atoms. The van der Waals surface area contributed by atoms with Crippen LogP contribution in [0.5, 0.6) is 0 Å². The van der Waals surface area contributed by atoms with Gasteiger partial charge in [-0.25, -0.2) is 4.79 Å². The van der Waals surface area contributed by atoms with E-state index in [2.05, 4.69) is 67.7 Å². The van der Waals surface area contributed by atoms with E-state index in [1.807, 2.05) is 0 Å². The molecule has 0 aromatic carbocycles. The number of carboxylic acid groups (broad SMARTS) is 1. The quantitative estimate of drug-likeness (QED) is 0.646. The molecule has 1 aliphatic rings. The van der Waals surface area contributed by atoms with Gasteiger partial charge in [0.05, 0.1) is 12.2 Å². The fourth-order valence-electron chi connectivity index (χ4n) is 2.84. The van der Waals surface area contributed by atoms with E-state index in [4.69, 9.17) is 8.85 Å². The average Bonchev–Trinajstić information content (AvgIpc) is 2.33. The summed E-state index contributed by atoms with van der Waals surface area (Å²) in [6.45, 7) is 21.6. The Morgan fingerprint density at radius 3 is 1.42 bits per heavy atom. The first-order chi connectivity index (χ1) is 11.3. The van der Waals surface area contributed by atoms with Crippen LogP contribution in [-0.2, 0) is 13.6 Å². The minimum atomic E-state index is -2.06. The zero-order chi connectivity index (χ0) is 20.8. The van der Waals surface area contributed by atoms with Gasteiger partial charge in [0, 0.05) is 12.8 Å². The Balaban J connectivity index is 3.06. The molecule has 0 radical (unpaired) electrons. The molecule has 1 rings (SSSR count). The van der Waals surface area contributed by atoms with E-state index in [9.17, 15) is 15.0 Å². The number of aliphatic carboxylic acids is 1. The van der Waals surface area contributed by atoms with Crippen molar-refractivity contribution in [1.29, 1.82) is 0 Å². The van der Waals surface area contributed by atoms with Crippen molar-refractivity contribution in [1.82, 2.24) is 0 Å². The highest BCUT2D eigenvalue weighted by atomic mass is 28.4. The van der Waals surface area contributed by atoms with Crippen LogP contribution >= 0.6 is 0 Å². The third-order valence-corrected chi connectivity index (χ3v) is 15.7. The third kappa shape index (κ3) is 5.41. The van der Waals surface area contributed by atoms with E-state index in [1.54, 1.807) is 0 Å². The first-order valence-electron chi connectivity index (χ1n) is 9.62. The SMILES string of the molecule is CC(C)(C)[Si](C)(C)OC1CC(O[Si](C)(C)C(C)(C)C)CC(O)(C(=O)O)C1. The molecule has 2 unspecified atom stereocenters. The van der Waals surface area contributed by atoms with Crippen LogP contribution < -0.4 is 0 Å². The molecule has 5 nitrogen and oxygen atoms in total. The number of hydrogen-bond acceptors (Lipinski definition) is 4. The summed E-state index contributed by atoms with van der Waals surface area (Å²) < 4.78 is 12.9. The first kappa shape index (κ1) is 23.8. The molecule has 0 aromatic heterocycles. The second kappa shape index (κ2) is 7.31. The molecule has 2 N–H and O–H groups in total. The van der Waals surface area contributed by atoms with Crippen LogP contribution in [0, 0.1) is 0 Å². The highest BCUT2D eigenvalue weighted by molar-refractivity contribution is 6.74. The Morgan fingerprint density at radius 2 is 1.19 bits per heavy atom. The Morgan fingerprint density at radius 1 is 0.885 bits per heavy atom. The zero-order valence-electron chi connectivity index (χ0n) is 18.4. The average molecular weight is 405 g/mol. The van der Waals surface area contributed by atoms with Gasteiger partial charge in [0.25, 0.3) is 0 Å². The summed E-state index contributed by atoms with van der Waals surface area (Å²) in [6.07, 6.45) is 0.327. The maximum absolute atomic E-state index is 11.8. The molecule has 154 valence electrons. The van der Waals surface area contributed by atoms with Crippen molar-refractivity contribution in [2.24, 2.45) is 0 Å². The summed E-state index contributed by atoms with van der Waals surface area (Å²) in [6, 6.07) is 0. The fraction of sp³-hybridized carbons (Fsp3) is 0.947. The normalized spacial score (nSPS) is 28.9. The lowest BCUT2D eigenvalue weighted by molar-refractivity contribution is -0.170. The Labute approximate surface area is 161 Å². The monoisotopic (exact) mass is 404 g/mol. The van der Waals surface area contributed by atoms with Gasteiger partial charge in [0.1, 0.15) is 0 Å². The summed E-state index contributed by atoms with van der Waals surface area (Å²) in [4.78, 5) is 11.8. The predicted molar refractivity (Wildman–Crippen MR) is 111 cm³/mol. The highest BCUT2D eigenvalue weighted by Crippen LogP contribution is 2.43. The van der Waals surface area contributed by atoms with Gasteiger partial charge in [-0.1, -0.05) is 41.5 Å². The minimum absolute atomic E-state index is 0.0293.